The predicted octanol–water partition coefficient (Wildman–Crippen LogP) is 0.258. The average Bonchev–Trinajstić information content (AvgIpc) is 1.82. The fraction of sp³-hybridized carbons (Fsp3) is 0.500. The molecule has 52 valence electrons. The molecule has 0 aliphatic carbocycles. The summed E-state index contributed by atoms with van der Waals surface area (Å²) in [6.07, 6.45) is 3.07. The third-order valence-corrected chi connectivity index (χ3v) is 0.957. The van der Waals surface area contributed by atoms with Crippen molar-refractivity contribution in [3.63, 3.8) is 0 Å². The molecular formula is C6H13N3. The molecular weight excluding hydrogens is 114 g/mol. The van der Waals surface area contributed by atoms with Crippen molar-refractivity contribution in [2.75, 3.05) is 21.1 Å². The Morgan fingerprint density at radius 1 is 1.56 bits per heavy atom. The van der Waals surface area contributed by atoms with Crippen LogP contribution in [0.3, 0.4) is 0 Å². The third-order valence-electron chi connectivity index (χ3n) is 0.957. The van der Waals surface area contributed by atoms with E-state index in [1.165, 1.54) is 6.21 Å². The molecule has 3 nitrogen and oxygen atoms in total. The zero-order valence-electron chi connectivity index (χ0n) is 6.10. The van der Waals surface area contributed by atoms with Gasteiger partial charge in [0.15, 0.2) is 0 Å². The number of hydrogen-bond acceptors (Lipinski definition) is 3. The Kier molecular flexibility index (Phi) is 3.51. The van der Waals surface area contributed by atoms with E-state index >= 15 is 0 Å². The van der Waals surface area contributed by atoms with Crippen molar-refractivity contribution in [3.8, 4) is 0 Å². The Bertz CT molecular complexity index is 115. The molecule has 0 bridgehead atoms. The van der Waals surface area contributed by atoms with Crippen LogP contribution in [0.5, 0.6) is 0 Å². The molecule has 2 N–H and O–H groups in total. The van der Waals surface area contributed by atoms with Crippen molar-refractivity contribution < 1.29 is 0 Å². The van der Waals surface area contributed by atoms with Crippen LogP contribution in [-0.2, 0) is 0 Å². The zero-order valence-corrected chi connectivity index (χ0v) is 6.10. The summed E-state index contributed by atoms with van der Waals surface area (Å²) in [6, 6.07) is 0. The van der Waals surface area contributed by atoms with Crippen LogP contribution < -0.4 is 5.32 Å². The highest BCUT2D eigenvalue weighted by atomic mass is 15.1. The minimum absolute atomic E-state index is 0.859. The van der Waals surface area contributed by atoms with E-state index in [1.807, 2.05) is 26.0 Å². The lowest BCUT2D eigenvalue weighted by Crippen LogP contribution is -2.14. The lowest BCUT2D eigenvalue weighted by molar-refractivity contribution is 0.537. The van der Waals surface area contributed by atoms with Crippen molar-refractivity contribution in [3.05, 3.63) is 11.9 Å². The molecule has 0 saturated carbocycles. The molecule has 0 aliphatic rings. The van der Waals surface area contributed by atoms with E-state index in [0.717, 1.165) is 5.70 Å². The largest absolute Gasteiger partial charge is 0.392 e. The van der Waals surface area contributed by atoms with Gasteiger partial charge in [-0.3, -0.25) is 0 Å². The Labute approximate surface area is 55.9 Å². The molecule has 0 amide bonds. The first-order valence-corrected chi connectivity index (χ1v) is 2.77. The number of rotatable bonds is 3. The molecule has 0 heterocycles. The van der Waals surface area contributed by atoms with Gasteiger partial charge in [-0.15, -0.1) is 0 Å². The van der Waals surface area contributed by atoms with Crippen LogP contribution in [0, 0.1) is 5.41 Å². The van der Waals surface area contributed by atoms with Gasteiger partial charge in [-0.2, -0.15) is 0 Å². The second-order valence-corrected chi connectivity index (χ2v) is 1.90. The van der Waals surface area contributed by atoms with Crippen molar-refractivity contribution >= 4 is 6.21 Å². The van der Waals surface area contributed by atoms with Crippen LogP contribution in [0.2, 0.25) is 0 Å². The number of nitrogens with one attached hydrogen (secondary N) is 2. The second kappa shape index (κ2) is 3.95. The minimum atomic E-state index is 0.859. The first-order chi connectivity index (χ1) is 4.22. The fourth-order valence-electron chi connectivity index (χ4n) is 0.448. The highest BCUT2D eigenvalue weighted by Gasteiger charge is 1.90. The quantitative estimate of drug-likeness (QED) is 0.534. The Morgan fingerprint density at radius 2 is 2.11 bits per heavy atom. The van der Waals surface area contributed by atoms with E-state index < -0.39 is 0 Å². The highest BCUT2D eigenvalue weighted by molar-refractivity contribution is 5.74. The van der Waals surface area contributed by atoms with Crippen molar-refractivity contribution in [1.29, 1.82) is 5.41 Å². The second-order valence-electron chi connectivity index (χ2n) is 1.90. The lowest BCUT2D eigenvalue weighted by Gasteiger charge is -2.11. The van der Waals surface area contributed by atoms with Gasteiger partial charge in [0, 0.05) is 33.6 Å². The van der Waals surface area contributed by atoms with Gasteiger partial charge in [-0.1, -0.05) is 0 Å². The van der Waals surface area contributed by atoms with Crippen LogP contribution in [0.15, 0.2) is 11.9 Å². The van der Waals surface area contributed by atoms with Gasteiger partial charge >= 0.3 is 0 Å². The van der Waals surface area contributed by atoms with E-state index in [2.05, 4.69) is 5.32 Å². The summed E-state index contributed by atoms with van der Waals surface area (Å²) in [4.78, 5) is 1.86. The van der Waals surface area contributed by atoms with Crippen LogP contribution >= 0.6 is 0 Å². The lowest BCUT2D eigenvalue weighted by atomic mass is 10.5. The fourth-order valence-corrected chi connectivity index (χ4v) is 0.448. The molecule has 9 heavy (non-hydrogen) atoms. The maximum absolute atomic E-state index is 6.92. The molecule has 3 heteroatoms. The van der Waals surface area contributed by atoms with E-state index in [9.17, 15) is 0 Å². The van der Waals surface area contributed by atoms with Gasteiger partial charge in [-0.25, -0.2) is 0 Å². The van der Waals surface area contributed by atoms with Gasteiger partial charge in [0.2, 0.25) is 0 Å². The van der Waals surface area contributed by atoms with Gasteiger partial charge in [-0.05, 0) is 0 Å². The molecule has 0 aromatic rings. The predicted molar refractivity (Wildman–Crippen MR) is 39.6 cm³/mol. The molecule has 0 unspecified atom stereocenters. The minimum Gasteiger partial charge on any atom is -0.392 e. The maximum Gasteiger partial charge on any atom is 0.0699 e. The number of hydrogen-bond donors (Lipinski definition) is 2. The monoisotopic (exact) mass is 127 g/mol. The molecule has 0 aromatic carbocycles. The van der Waals surface area contributed by atoms with Gasteiger partial charge in [0.25, 0.3) is 0 Å². The van der Waals surface area contributed by atoms with E-state index in [1.54, 1.807) is 6.20 Å². The summed E-state index contributed by atoms with van der Waals surface area (Å²) in [5.41, 5.74) is 0.859. The topological polar surface area (TPSA) is 39.1 Å². The number of allylic oxidation sites excluding steroid dienone is 1. The molecule has 0 rings (SSSR count). The first kappa shape index (κ1) is 8.01. The molecule has 0 atom stereocenters. The van der Waals surface area contributed by atoms with Crippen molar-refractivity contribution in [2.24, 2.45) is 0 Å². The normalized spacial score (nSPS) is 10.8. The molecule has 0 spiro atoms. The summed E-state index contributed by atoms with van der Waals surface area (Å²) in [5, 5.41) is 9.76. The standard InChI is InChI=1S/C6H13N3/c1-8-5-6(4-7)9(2)3/h4-5,7-8H,1-3H3/b6-5+,7-4?. The highest BCUT2D eigenvalue weighted by Crippen LogP contribution is 1.89. The van der Waals surface area contributed by atoms with Crippen molar-refractivity contribution in [1.82, 2.24) is 10.2 Å². The summed E-state index contributed by atoms with van der Waals surface area (Å²) >= 11 is 0. The summed E-state index contributed by atoms with van der Waals surface area (Å²) in [6.45, 7) is 0. The third kappa shape index (κ3) is 2.74. The molecule has 0 radical (unpaired) electrons. The summed E-state index contributed by atoms with van der Waals surface area (Å²) in [7, 11) is 5.61. The van der Waals surface area contributed by atoms with E-state index in [4.69, 9.17) is 5.41 Å². The zero-order chi connectivity index (χ0) is 7.28. The van der Waals surface area contributed by atoms with Crippen molar-refractivity contribution in [2.45, 2.75) is 0 Å². The Balaban J connectivity index is 3.97. The summed E-state index contributed by atoms with van der Waals surface area (Å²) in [5.74, 6) is 0. The van der Waals surface area contributed by atoms with E-state index in [-0.39, 0.29) is 0 Å². The summed E-state index contributed by atoms with van der Waals surface area (Å²) < 4.78 is 0. The van der Waals surface area contributed by atoms with Crippen LogP contribution in [-0.4, -0.2) is 32.3 Å². The molecule has 0 aliphatic heterocycles. The Hall–Kier alpha value is -0.990. The van der Waals surface area contributed by atoms with Crippen LogP contribution in [0.4, 0.5) is 0 Å². The van der Waals surface area contributed by atoms with Gasteiger partial charge in [0.1, 0.15) is 0 Å². The maximum atomic E-state index is 6.92. The number of nitrogens with zero attached hydrogens (tertiary/aromatic N) is 1. The average molecular weight is 127 g/mol. The smallest absolute Gasteiger partial charge is 0.0699 e. The van der Waals surface area contributed by atoms with Crippen LogP contribution in [0.1, 0.15) is 0 Å². The van der Waals surface area contributed by atoms with Gasteiger partial charge in [0.05, 0.1) is 5.70 Å². The SMILES string of the molecule is CN/C=C(\C=N)N(C)C. The molecule has 0 aromatic heterocycles. The first-order valence-electron chi connectivity index (χ1n) is 2.77. The Morgan fingerprint density at radius 3 is 2.22 bits per heavy atom. The van der Waals surface area contributed by atoms with E-state index in [0.29, 0.717) is 0 Å². The van der Waals surface area contributed by atoms with Crippen LogP contribution in [0.25, 0.3) is 0 Å². The molecule has 0 fully saturated rings. The molecule has 0 saturated heterocycles. The van der Waals surface area contributed by atoms with Gasteiger partial charge < -0.3 is 15.6 Å².